The van der Waals surface area contributed by atoms with Crippen molar-refractivity contribution in [3.05, 3.63) is 40.4 Å². The molecule has 8 heteroatoms. The molecule has 1 aliphatic heterocycles. The predicted molar refractivity (Wildman–Crippen MR) is 99.6 cm³/mol. The van der Waals surface area contributed by atoms with E-state index in [0.717, 1.165) is 5.56 Å². The van der Waals surface area contributed by atoms with Crippen LogP contribution >= 0.6 is 22.9 Å². The number of aromatic nitrogens is 1. The fourth-order valence-electron chi connectivity index (χ4n) is 3.22. The number of rotatable bonds is 5. The number of halogens is 1. The van der Waals surface area contributed by atoms with E-state index in [9.17, 15) is 14.7 Å². The number of benzene rings is 1. The minimum Gasteiger partial charge on any atom is -0.481 e. The third-order valence-electron chi connectivity index (χ3n) is 4.53. The van der Waals surface area contributed by atoms with Gasteiger partial charge in [-0.25, -0.2) is 4.98 Å². The van der Waals surface area contributed by atoms with Gasteiger partial charge in [-0.3, -0.25) is 9.59 Å². The second kappa shape index (κ2) is 7.73. The maximum absolute atomic E-state index is 12.8. The van der Waals surface area contributed by atoms with Crippen LogP contribution in [-0.4, -0.2) is 53.7 Å². The Morgan fingerprint density at radius 1 is 1.46 bits per heavy atom. The van der Waals surface area contributed by atoms with Gasteiger partial charge in [0.05, 0.1) is 6.61 Å². The number of carbonyl (C=O) groups excluding carboxylic acids is 1. The Kier molecular flexibility index (Phi) is 5.60. The standard InChI is InChI=1S/C18H19ClN2O4S/c1-25-11-18(17(23)24)6-3-7-21(10-18)16(22)14-9-26-15(20-14)12-4-2-5-13(19)8-12/h2,4-5,8-9H,3,6-7,10-11H2,1H3,(H,23,24). The molecule has 1 fully saturated rings. The van der Waals surface area contributed by atoms with Crippen molar-refractivity contribution in [2.75, 3.05) is 26.8 Å². The first kappa shape index (κ1) is 18.8. The van der Waals surface area contributed by atoms with E-state index < -0.39 is 11.4 Å². The molecule has 3 rings (SSSR count). The molecule has 6 nitrogen and oxygen atoms in total. The molecule has 1 amide bonds. The number of hydrogen-bond acceptors (Lipinski definition) is 5. The van der Waals surface area contributed by atoms with E-state index in [0.29, 0.717) is 35.1 Å². The minimum atomic E-state index is -1.06. The van der Waals surface area contributed by atoms with Crippen molar-refractivity contribution in [1.29, 1.82) is 0 Å². The molecule has 0 radical (unpaired) electrons. The van der Waals surface area contributed by atoms with E-state index in [1.807, 2.05) is 12.1 Å². The number of piperidine rings is 1. The summed E-state index contributed by atoms with van der Waals surface area (Å²) in [6, 6.07) is 7.29. The van der Waals surface area contributed by atoms with Crippen LogP contribution in [0, 0.1) is 5.41 Å². The van der Waals surface area contributed by atoms with Crippen LogP contribution in [0.25, 0.3) is 10.6 Å². The van der Waals surface area contributed by atoms with E-state index in [1.54, 1.807) is 22.4 Å². The van der Waals surface area contributed by atoms with E-state index >= 15 is 0 Å². The molecule has 1 atom stereocenters. The summed E-state index contributed by atoms with van der Waals surface area (Å²) in [6.45, 7) is 0.720. The summed E-state index contributed by atoms with van der Waals surface area (Å²) in [5, 5.41) is 12.6. The van der Waals surface area contributed by atoms with Gasteiger partial charge in [-0.15, -0.1) is 11.3 Å². The topological polar surface area (TPSA) is 79.7 Å². The summed E-state index contributed by atoms with van der Waals surface area (Å²) in [7, 11) is 1.48. The van der Waals surface area contributed by atoms with Crippen LogP contribution in [0.5, 0.6) is 0 Å². The maximum atomic E-state index is 12.8. The fraction of sp³-hybridized carbons (Fsp3) is 0.389. The zero-order chi connectivity index (χ0) is 18.7. The molecule has 1 aromatic carbocycles. The number of ether oxygens (including phenoxy) is 1. The van der Waals surface area contributed by atoms with Gasteiger partial charge in [-0.2, -0.15) is 0 Å². The number of likely N-dealkylation sites (tertiary alicyclic amines) is 1. The zero-order valence-corrected chi connectivity index (χ0v) is 15.8. The lowest BCUT2D eigenvalue weighted by Gasteiger charge is -2.39. The molecule has 0 bridgehead atoms. The van der Waals surface area contributed by atoms with Crippen LogP contribution in [0.4, 0.5) is 0 Å². The van der Waals surface area contributed by atoms with Crippen molar-refractivity contribution in [2.24, 2.45) is 5.41 Å². The van der Waals surface area contributed by atoms with Gasteiger partial charge in [0.15, 0.2) is 0 Å². The van der Waals surface area contributed by atoms with Gasteiger partial charge >= 0.3 is 5.97 Å². The summed E-state index contributed by atoms with van der Waals surface area (Å²) >= 11 is 7.37. The van der Waals surface area contributed by atoms with E-state index in [4.69, 9.17) is 16.3 Å². The van der Waals surface area contributed by atoms with Gasteiger partial charge in [-0.05, 0) is 25.0 Å². The van der Waals surface area contributed by atoms with Crippen LogP contribution in [0.1, 0.15) is 23.3 Å². The first-order valence-electron chi connectivity index (χ1n) is 8.18. The average molecular weight is 395 g/mol. The Morgan fingerprint density at radius 2 is 2.27 bits per heavy atom. The Morgan fingerprint density at radius 3 is 2.96 bits per heavy atom. The van der Waals surface area contributed by atoms with Crippen LogP contribution in [0.2, 0.25) is 5.02 Å². The summed E-state index contributed by atoms with van der Waals surface area (Å²) in [4.78, 5) is 30.6. The second-order valence-electron chi connectivity index (χ2n) is 6.40. The molecule has 2 aromatic rings. The lowest BCUT2D eigenvalue weighted by molar-refractivity contribution is -0.155. The summed E-state index contributed by atoms with van der Waals surface area (Å²) in [5.74, 6) is -1.19. The van der Waals surface area contributed by atoms with Crippen LogP contribution < -0.4 is 0 Å². The maximum Gasteiger partial charge on any atom is 0.313 e. The smallest absolute Gasteiger partial charge is 0.313 e. The molecule has 0 spiro atoms. The fourth-order valence-corrected chi connectivity index (χ4v) is 4.20. The number of thiazole rings is 1. The summed E-state index contributed by atoms with van der Waals surface area (Å²) < 4.78 is 5.11. The largest absolute Gasteiger partial charge is 0.481 e. The molecule has 1 N–H and O–H groups in total. The zero-order valence-electron chi connectivity index (χ0n) is 14.3. The van der Waals surface area contributed by atoms with Crippen molar-refractivity contribution in [2.45, 2.75) is 12.8 Å². The lowest BCUT2D eigenvalue weighted by atomic mass is 9.80. The number of methoxy groups -OCH3 is 1. The average Bonchev–Trinajstić information content (AvgIpc) is 3.11. The van der Waals surface area contributed by atoms with Crippen molar-refractivity contribution in [3.8, 4) is 10.6 Å². The summed E-state index contributed by atoms with van der Waals surface area (Å²) in [5.41, 5.74) is 0.108. The molecule has 1 aliphatic rings. The minimum absolute atomic E-state index is 0.0803. The van der Waals surface area contributed by atoms with Crippen molar-refractivity contribution >= 4 is 34.8 Å². The highest BCUT2D eigenvalue weighted by Crippen LogP contribution is 2.32. The molecule has 1 saturated heterocycles. The van der Waals surface area contributed by atoms with Crippen molar-refractivity contribution in [1.82, 2.24) is 9.88 Å². The van der Waals surface area contributed by atoms with Gasteiger partial charge in [0.2, 0.25) is 0 Å². The number of hydrogen-bond donors (Lipinski definition) is 1. The van der Waals surface area contributed by atoms with E-state index in [2.05, 4.69) is 4.98 Å². The number of aliphatic carboxylic acids is 1. The highest BCUT2D eigenvalue weighted by molar-refractivity contribution is 7.13. The summed E-state index contributed by atoms with van der Waals surface area (Å²) in [6.07, 6.45) is 1.11. The first-order valence-corrected chi connectivity index (χ1v) is 9.44. The number of carboxylic acids is 1. The van der Waals surface area contributed by atoms with Crippen molar-refractivity contribution < 1.29 is 19.4 Å². The molecule has 0 saturated carbocycles. The Bertz CT molecular complexity index is 821. The number of amides is 1. The SMILES string of the molecule is COCC1(C(=O)O)CCCN(C(=O)c2csc(-c3cccc(Cl)c3)n2)C1. The van der Waals surface area contributed by atoms with Gasteiger partial charge in [0, 0.05) is 36.2 Å². The van der Waals surface area contributed by atoms with Crippen LogP contribution in [-0.2, 0) is 9.53 Å². The van der Waals surface area contributed by atoms with Crippen LogP contribution in [0.15, 0.2) is 29.6 Å². The Balaban J connectivity index is 1.80. The van der Waals surface area contributed by atoms with Gasteiger partial charge in [0.25, 0.3) is 5.91 Å². The quantitative estimate of drug-likeness (QED) is 0.840. The van der Waals surface area contributed by atoms with Crippen LogP contribution in [0.3, 0.4) is 0 Å². The molecule has 26 heavy (non-hydrogen) atoms. The van der Waals surface area contributed by atoms with Gasteiger partial charge in [0.1, 0.15) is 16.1 Å². The number of carboxylic acid groups (broad SMARTS) is 1. The molecular weight excluding hydrogens is 376 g/mol. The molecule has 1 aromatic heterocycles. The third kappa shape index (κ3) is 3.75. The number of carbonyl (C=O) groups is 2. The Labute approximate surface area is 160 Å². The molecule has 1 unspecified atom stereocenters. The molecule has 2 heterocycles. The van der Waals surface area contributed by atoms with Gasteiger partial charge < -0.3 is 14.7 Å². The van der Waals surface area contributed by atoms with E-state index in [1.165, 1.54) is 18.4 Å². The van der Waals surface area contributed by atoms with E-state index in [-0.39, 0.29) is 19.1 Å². The molecular formula is C18H19ClN2O4S. The molecule has 0 aliphatic carbocycles. The van der Waals surface area contributed by atoms with Crippen molar-refractivity contribution in [3.63, 3.8) is 0 Å². The lowest BCUT2D eigenvalue weighted by Crippen LogP contribution is -2.52. The van der Waals surface area contributed by atoms with Gasteiger partial charge in [-0.1, -0.05) is 23.7 Å². The highest BCUT2D eigenvalue weighted by atomic mass is 35.5. The Hall–Kier alpha value is -1.96. The number of nitrogens with zero attached hydrogens (tertiary/aromatic N) is 2. The monoisotopic (exact) mass is 394 g/mol. The third-order valence-corrected chi connectivity index (χ3v) is 5.66. The molecule has 138 valence electrons. The highest BCUT2D eigenvalue weighted by Gasteiger charge is 2.44. The second-order valence-corrected chi connectivity index (χ2v) is 7.69. The first-order chi connectivity index (χ1) is 12.4. The predicted octanol–water partition coefficient (Wildman–Crippen LogP) is 3.42. The normalized spacial score (nSPS) is 20.2.